The van der Waals surface area contributed by atoms with Crippen LogP contribution in [-0.4, -0.2) is 12.6 Å². The lowest BCUT2D eigenvalue weighted by atomic mass is 9.47. The lowest BCUT2D eigenvalue weighted by Crippen LogP contribution is -2.65. The van der Waals surface area contributed by atoms with E-state index in [0.29, 0.717) is 5.41 Å². The van der Waals surface area contributed by atoms with Crippen molar-refractivity contribution in [2.75, 3.05) is 6.54 Å². The van der Waals surface area contributed by atoms with Gasteiger partial charge in [0.1, 0.15) is 0 Å². The Bertz CT molecular complexity index is 288. The first kappa shape index (κ1) is 17.3. The Balaban J connectivity index is 1.99. The fraction of sp³-hybridized carbons (Fsp3) is 1.00. The van der Waals surface area contributed by atoms with Crippen LogP contribution in [0.15, 0.2) is 0 Å². The number of rotatable bonds is 4. The van der Waals surface area contributed by atoms with Gasteiger partial charge in [0.2, 0.25) is 0 Å². The van der Waals surface area contributed by atoms with Gasteiger partial charge in [-0.05, 0) is 49.5 Å². The highest BCUT2D eigenvalue weighted by Crippen LogP contribution is 2.57. The molecule has 0 amide bonds. The number of hydrogen-bond donors (Lipinski definition) is 1. The van der Waals surface area contributed by atoms with Gasteiger partial charge in [0.05, 0.1) is 0 Å². The summed E-state index contributed by atoms with van der Waals surface area (Å²) in [7, 11) is 0. The van der Waals surface area contributed by atoms with Crippen LogP contribution in [-0.2, 0) is 0 Å². The second-order valence-electron chi connectivity index (χ2n) is 7.97. The maximum atomic E-state index is 3.92. The minimum Gasteiger partial charge on any atom is -0.313 e. The van der Waals surface area contributed by atoms with Crippen molar-refractivity contribution < 1.29 is 0 Å². The molecule has 2 saturated carbocycles. The number of fused-ring (bicyclic) bond motifs is 1. The second kappa shape index (κ2) is 8.56. The highest BCUT2D eigenvalue weighted by Gasteiger charge is 2.56. The van der Waals surface area contributed by atoms with Crippen LogP contribution in [0, 0.1) is 17.3 Å². The molecule has 124 valence electrons. The molecule has 0 aromatic carbocycles. The van der Waals surface area contributed by atoms with E-state index in [-0.39, 0.29) is 0 Å². The molecule has 0 bridgehead atoms. The van der Waals surface area contributed by atoms with E-state index < -0.39 is 0 Å². The molecule has 2 aliphatic rings. The molecule has 4 atom stereocenters. The third-order valence-electron chi connectivity index (χ3n) is 6.68. The fourth-order valence-electron chi connectivity index (χ4n) is 5.21. The fourth-order valence-corrected chi connectivity index (χ4v) is 5.21. The van der Waals surface area contributed by atoms with Crippen molar-refractivity contribution >= 4 is 0 Å². The highest BCUT2D eigenvalue weighted by molar-refractivity contribution is 5.08. The summed E-state index contributed by atoms with van der Waals surface area (Å²) in [5, 5.41) is 3.92. The lowest BCUT2D eigenvalue weighted by molar-refractivity contribution is -0.0896. The molecule has 21 heavy (non-hydrogen) atoms. The third kappa shape index (κ3) is 4.03. The average molecular weight is 294 g/mol. The Morgan fingerprint density at radius 1 is 0.857 bits per heavy atom. The van der Waals surface area contributed by atoms with E-state index in [1.54, 1.807) is 0 Å². The van der Waals surface area contributed by atoms with Crippen LogP contribution >= 0.6 is 0 Å². The highest BCUT2D eigenvalue weighted by atomic mass is 15.0. The molecule has 0 aromatic rings. The second-order valence-corrected chi connectivity index (χ2v) is 7.97. The molecule has 1 heteroatoms. The summed E-state index contributed by atoms with van der Waals surface area (Å²) in [6.07, 6.45) is 17.5. The summed E-state index contributed by atoms with van der Waals surface area (Å²) < 4.78 is 0. The summed E-state index contributed by atoms with van der Waals surface area (Å²) in [4.78, 5) is 0. The van der Waals surface area contributed by atoms with Crippen LogP contribution in [0.4, 0.5) is 0 Å². The van der Waals surface area contributed by atoms with Gasteiger partial charge in [-0.2, -0.15) is 0 Å². The molecule has 0 aromatic heterocycles. The van der Waals surface area contributed by atoms with Crippen molar-refractivity contribution in [2.45, 2.75) is 104 Å². The Kier molecular flexibility index (Phi) is 7.05. The van der Waals surface area contributed by atoms with E-state index in [1.807, 2.05) is 0 Å². The van der Waals surface area contributed by atoms with E-state index in [2.05, 4.69) is 26.1 Å². The van der Waals surface area contributed by atoms with E-state index >= 15 is 0 Å². The predicted octanol–water partition coefficient (Wildman–Crippen LogP) is 5.93. The molecule has 0 aliphatic heterocycles. The quantitative estimate of drug-likeness (QED) is 0.677. The van der Waals surface area contributed by atoms with Crippen LogP contribution in [0.3, 0.4) is 0 Å². The molecular weight excluding hydrogens is 254 g/mol. The van der Waals surface area contributed by atoms with Gasteiger partial charge < -0.3 is 5.32 Å². The third-order valence-corrected chi connectivity index (χ3v) is 6.68. The smallest absolute Gasteiger partial charge is 0.0155 e. The molecule has 1 nitrogen and oxygen atoms in total. The van der Waals surface area contributed by atoms with Crippen LogP contribution in [0.25, 0.3) is 0 Å². The first-order chi connectivity index (χ1) is 10.2. The first-order valence-electron chi connectivity index (χ1n) is 9.97. The zero-order valence-electron chi connectivity index (χ0n) is 14.9. The van der Waals surface area contributed by atoms with Gasteiger partial charge in [-0.3, -0.25) is 0 Å². The van der Waals surface area contributed by atoms with Gasteiger partial charge in [0.25, 0.3) is 0 Å². The zero-order valence-corrected chi connectivity index (χ0v) is 14.9. The van der Waals surface area contributed by atoms with Gasteiger partial charge in [-0.15, -0.1) is 0 Å². The molecule has 4 unspecified atom stereocenters. The van der Waals surface area contributed by atoms with Crippen LogP contribution in [0.5, 0.6) is 0 Å². The Hall–Kier alpha value is -0.0400. The summed E-state index contributed by atoms with van der Waals surface area (Å²) in [6, 6.07) is 0.801. The lowest BCUT2D eigenvalue weighted by Gasteiger charge is -2.61. The first-order valence-corrected chi connectivity index (χ1v) is 9.97. The molecule has 0 heterocycles. The van der Waals surface area contributed by atoms with Crippen molar-refractivity contribution in [1.29, 1.82) is 0 Å². The molecule has 2 rings (SSSR count). The summed E-state index contributed by atoms with van der Waals surface area (Å²) in [5.74, 6) is 1.97. The van der Waals surface area contributed by atoms with Crippen LogP contribution < -0.4 is 5.32 Å². The SMILES string of the molecule is CCCNC1C2CCCCCCCCCCC2C1(C)CC. The van der Waals surface area contributed by atoms with E-state index in [4.69, 9.17) is 0 Å². The average Bonchev–Trinajstić information content (AvgIpc) is 2.48. The number of hydrogen-bond acceptors (Lipinski definition) is 1. The van der Waals surface area contributed by atoms with Gasteiger partial charge in [-0.25, -0.2) is 0 Å². The van der Waals surface area contributed by atoms with Gasteiger partial charge >= 0.3 is 0 Å². The standard InChI is InChI=1S/C20H39N/c1-4-16-21-19-17-14-12-10-8-6-7-9-11-13-15-18(17)20(19,3)5-2/h17-19,21H,4-16H2,1-3H3. The Morgan fingerprint density at radius 3 is 2.00 bits per heavy atom. The van der Waals surface area contributed by atoms with Crippen molar-refractivity contribution in [3.8, 4) is 0 Å². The number of nitrogens with one attached hydrogen (secondary N) is 1. The molecule has 2 fully saturated rings. The summed E-state index contributed by atoms with van der Waals surface area (Å²) >= 11 is 0. The molecule has 0 spiro atoms. The summed E-state index contributed by atoms with van der Waals surface area (Å²) in [5.41, 5.74) is 0.573. The van der Waals surface area contributed by atoms with Crippen molar-refractivity contribution in [1.82, 2.24) is 5.32 Å². The van der Waals surface area contributed by atoms with Crippen LogP contribution in [0.2, 0.25) is 0 Å². The minimum atomic E-state index is 0.573. The molecular formula is C20H39N. The molecule has 0 saturated heterocycles. The predicted molar refractivity (Wildman–Crippen MR) is 93.6 cm³/mol. The van der Waals surface area contributed by atoms with Crippen molar-refractivity contribution in [3.63, 3.8) is 0 Å². The molecule has 0 radical (unpaired) electrons. The maximum absolute atomic E-state index is 3.92. The van der Waals surface area contributed by atoms with Gasteiger partial charge in [-0.1, -0.05) is 72.1 Å². The summed E-state index contributed by atoms with van der Waals surface area (Å²) in [6.45, 7) is 8.51. The monoisotopic (exact) mass is 293 g/mol. The van der Waals surface area contributed by atoms with E-state index in [1.165, 1.54) is 83.6 Å². The zero-order chi connectivity index (χ0) is 15.1. The van der Waals surface area contributed by atoms with Crippen molar-refractivity contribution in [3.05, 3.63) is 0 Å². The molecule has 1 N–H and O–H groups in total. The van der Waals surface area contributed by atoms with Gasteiger partial charge in [0, 0.05) is 6.04 Å². The largest absolute Gasteiger partial charge is 0.313 e. The van der Waals surface area contributed by atoms with Gasteiger partial charge in [0.15, 0.2) is 0 Å². The van der Waals surface area contributed by atoms with Crippen molar-refractivity contribution in [2.24, 2.45) is 17.3 Å². The normalized spacial score (nSPS) is 38.7. The minimum absolute atomic E-state index is 0.573. The van der Waals surface area contributed by atoms with E-state index in [9.17, 15) is 0 Å². The molecule has 2 aliphatic carbocycles. The topological polar surface area (TPSA) is 12.0 Å². The maximum Gasteiger partial charge on any atom is 0.0155 e. The van der Waals surface area contributed by atoms with Crippen LogP contribution in [0.1, 0.15) is 97.8 Å². The Morgan fingerprint density at radius 2 is 1.43 bits per heavy atom. The Labute approximate surface area is 133 Å². The van der Waals surface area contributed by atoms with E-state index in [0.717, 1.165) is 17.9 Å².